The van der Waals surface area contributed by atoms with E-state index in [9.17, 15) is 9.18 Å². The van der Waals surface area contributed by atoms with Crippen molar-refractivity contribution in [2.24, 2.45) is 0 Å². The predicted molar refractivity (Wildman–Crippen MR) is 93.5 cm³/mol. The van der Waals surface area contributed by atoms with Gasteiger partial charge in [-0.25, -0.2) is 9.37 Å². The predicted octanol–water partition coefficient (Wildman–Crippen LogP) is 3.74. The summed E-state index contributed by atoms with van der Waals surface area (Å²) in [6, 6.07) is 15.9. The van der Waals surface area contributed by atoms with Gasteiger partial charge in [-0.2, -0.15) is 0 Å². The summed E-state index contributed by atoms with van der Waals surface area (Å²) >= 11 is 1.50. The molecule has 2 N–H and O–H groups in total. The number of thioether (sulfide) groups is 1. The Balaban J connectivity index is 1.48. The SMILES string of the molecule is O=C(NCCSc1ncc(-c2ccccc2)[nH]1)c1ccccc1F. The number of aromatic nitrogens is 2. The summed E-state index contributed by atoms with van der Waals surface area (Å²) in [5, 5.41) is 3.49. The molecule has 0 fully saturated rings. The summed E-state index contributed by atoms with van der Waals surface area (Å²) in [5.41, 5.74) is 2.09. The topological polar surface area (TPSA) is 57.8 Å². The van der Waals surface area contributed by atoms with Crippen LogP contribution in [0.2, 0.25) is 0 Å². The zero-order valence-corrected chi connectivity index (χ0v) is 13.6. The summed E-state index contributed by atoms with van der Waals surface area (Å²) < 4.78 is 13.5. The van der Waals surface area contributed by atoms with Gasteiger partial charge in [-0.15, -0.1) is 0 Å². The van der Waals surface area contributed by atoms with Crippen LogP contribution in [-0.2, 0) is 0 Å². The van der Waals surface area contributed by atoms with Crippen molar-refractivity contribution in [3.8, 4) is 11.3 Å². The maximum absolute atomic E-state index is 13.5. The number of benzene rings is 2. The number of halogens is 1. The van der Waals surface area contributed by atoms with Crippen LogP contribution in [-0.4, -0.2) is 28.2 Å². The lowest BCUT2D eigenvalue weighted by Gasteiger charge is -2.05. The second kappa shape index (κ2) is 7.79. The van der Waals surface area contributed by atoms with Gasteiger partial charge in [0.2, 0.25) is 0 Å². The average molecular weight is 341 g/mol. The van der Waals surface area contributed by atoms with Crippen LogP contribution in [0.5, 0.6) is 0 Å². The van der Waals surface area contributed by atoms with Crippen LogP contribution in [0.1, 0.15) is 10.4 Å². The third-order valence-corrected chi connectivity index (χ3v) is 4.27. The molecule has 1 aromatic heterocycles. The monoisotopic (exact) mass is 341 g/mol. The Hall–Kier alpha value is -2.60. The van der Waals surface area contributed by atoms with Crippen LogP contribution in [0, 0.1) is 5.82 Å². The van der Waals surface area contributed by atoms with Gasteiger partial charge in [0.25, 0.3) is 5.91 Å². The molecule has 122 valence electrons. The van der Waals surface area contributed by atoms with E-state index in [2.05, 4.69) is 15.3 Å². The zero-order chi connectivity index (χ0) is 16.8. The summed E-state index contributed by atoms with van der Waals surface area (Å²) in [6.07, 6.45) is 1.79. The first-order chi connectivity index (χ1) is 11.7. The molecule has 3 aromatic rings. The van der Waals surface area contributed by atoms with Crippen molar-refractivity contribution in [3.05, 3.63) is 72.2 Å². The number of hydrogen-bond acceptors (Lipinski definition) is 3. The number of nitrogens with zero attached hydrogens (tertiary/aromatic N) is 1. The molecule has 0 atom stereocenters. The number of H-pyrrole nitrogens is 1. The largest absolute Gasteiger partial charge is 0.351 e. The summed E-state index contributed by atoms with van der Waals surface area (Å²) in [4.78, 5) is 19.4. The van der Waals surface area contributed by atoms with E-state index in [0.29, 0.717) is 12.3 Å². The molecule has 0 aliphatic rings. The number of carbonyl (C=O) groups is 1. The van der Waals surface area contributed by atoms with Gasteiger partial charge in [-0.3, -0.25) is 4.79 Å². The molecule has 4 nitrogen and oxygen atoms in total. The van der Waals surface area contributed by atoms with Crippen molar-refractivity contribution in [3.63, 3.8) is 0 Å². The van der Waals surface area contributed by atoms with E-state index in [0.717, 1.165) is 16.4 Å². The molecular weight excluding hydrogens is 325 g/mol. The lowest BCUT2D eigenvalue weighted by molar-refractivity contribution is 0.0952. The maximum atomic E-state index is 13.5. The quantitative estimate of drug-likeness (QED) is 0.530. The van der Waals surface area contributed by atoms with E-state index >= 15 is 0 Å². The molecule has 0 aliphatic heterocycles. The molecule has 24 heavy (non-hydrogen) atoms. The second-order valence-electron chi connectivity index (χ2n) is 5.05. The normalized spacial score (nSPS) is 10.5. The number of rotatable bonds is 6. The van der Waals surface area contributed by atoms with E-state index in [-0.39, 0.29) is 5.56 Å². The van der Waals surface area contributed by atoms with E-state index < -0.39 is 11.7 Å². The minimum absolute atomic E-state index is 0.0619. The number of carbonyl (C=O) groups excluding carboxylic acids is 1. The highest BCUT2D eigenvalue weighted by molar-refractivity contribution is 7.99. The van der Waals surface area contributed by atoms with Crippen LogP contribution in [0.15, 0.2) is 66.0 Å². The molecular formula is C18H16FN3OS. The molecule has 1 heterocycles. The van der Waals surface area contributed by atoms with Crippen molar-refractivity contribution in [2.75, 3.05) is 12.3 Å². The summed E-state index contributed by atoms with van der Waals surface area (Å²) in [7, 11) is 0. The summed E-state index contributed by atoms with van der Waals surface area (Å²) in [6.45, 7) is 0.430. The van der Waals surface area contributed by atoms with Gasteiger partial charge in [0.1, 0.15) is 5.82 Å². The van der Waals surface area contributed by atoms with Gasteiger partial charge in [-0.1, -0.05) is 54.2 Å². The van der Waals surface area contributed by atoms with Gasteiger partial charge in [-0.05, 0) is 17.7 Å². The number of aromatic amines is 1. The van der Waals surface area contributed by atoms with Crippen molar-refractivity contribution >= 4 is 17.7 Å². The van der Waals surface area contributed by atoms with E-state index in [1.54, 1.807) is 18.3 Å². The van der Waals surface area contributed by atoms with Gasteiger partial charge >= 0.3 is 0 Å². The fourth-order valence-corrected chi connectivity index (χ4v) is 2.90. The van der Waals surface area contributed by atoms with Gasteiger partial charge < -0.3 is 10.3 Å². The second-order valence-corrected chi connectivity index (χ2v) is 6.14. The summed E-state index contributed by atoms with van der Waals surface area (Å²) in [5.74, 6) is -0.276. The van der Waals surface area contributed by atoms with Gasteiger partial charge in [0.05, 0.1) is 17.5 Å². The number of hydrogen-bond donors (Lipinski definition) is 2. The number of nitrogens with one attached hydrogen (secondary N) is 2. The highest BCUT2D eigenvalue weighted by Gasteiger charge is 2.10. The molecule has 0 aliphatic carbocycles. The third-order valence-electron chi connectivity index (χ3n) is 3.38. The van der Waals surface area contributed by atoms with Crippen molar-refractivity contribution in [2.45, 2.75) is 5.16 Å². The molecule has 1 amide bonds. The minimum Gasteiger partial charge on any atom is -0.351 e. The van der Waals surface area contributed by atoms with Crippen molar-refractivity contribution < 1.29 is 9.18 Å². The van der Waals surface area contributed by atoms with Crippen LogP contribution in [0.3, 0.4) is 0 Å². The fraction of sp³-hybridized carbons (Fsp3) is 0.111. The van der Waals surface area contributed by atoms with Crippen molar-refractivity contribution in [1.29, 1.82) is 0 Å². The Morgan fingerprint density at radius 2 is 1.88 bits per heavy atom. The Bertz CT molecular complexity index is 820. The minimum atomic E-state index is -0.513. The maximum Gasteiger partial charge on any atom is 0.254 e. The molecule has 0 saturated heterocycles. The molecule has 2 aromatic carbocycles. The molecule has 0 saturated carbocycles. The van der Waals surface area contributed by atoms with Crippen LogP contribution < -0.4 is 5.32 Å². The standard InChI is InChI=1S/C18H16FN3OS/c19-15-9-5-4-8-14(15)17(23)20-10-11-24-18-21-12-16(22-18)13-6-2-1-3-7-13/h1-9,12H,10-11H2,(H,20,23)(H,21,22). The Morgan fingerprint density at radius 3 is 2.67 bits per heavy atom. The Labute approximate surface area is 143 Å². The highest BCUT2D eigenvalue weighted by atomic mass is 32.2. The molecule has 0 bridgehead atoms. The Morgan fingerprint density at radius 1 is 1.12 bits per heavy atom. The lowest BCUT2D eigenvalue weighted by Crippen LogP contribution is -2.26. The van der Waals surface area contributed by atoms with Crippen LogP contribution in [0.4, 0.5) is 4.39 Å². The molecule has 0 spiro atoms. The average Bonchev–Trinajstić information content (AvgIpc) is 3.09. The Kier molecular flexibility index (Phi) is 5.28. The fourth-order valence-electron chi connectivity index (χ4n) is 2.19. The first kappa shape index (κ1) is 16.3. The smallest absolute Gasteiger partial charge is 0.254 e. The van der Waals surface area contributed by atoms with Gasteiger partial charge in [0.15, 0.2) is 5.16 Å². The van der Waals surface area contributed by atoms with Crippen molar-refractivity contribution in [1.82, 2.24) is 15.3 Å². The first-order valence-electron chi connectivity index (χ1n) is 7.50. The van der Waals surface area contributed by atoms with E-state index in [1.807, 2.05) is 30.3 Å². The molecule has 0 unspecified atom stereocenters. The molecule has 3 rings (SSSR count). The van der Waals surface area contributed by atoms with Crippen LogP contribution >= 0.6 is 11.8 Å². The third kappa shape index (κ3) is 4.02. The van der Waals surface area contributed by atoms with Crippen LogP contribution in [0.25, 0.3) is 11.3 Å². The highest BCUT2D eigenvalue weighted by Crippen LogP contribution is 2.20. The van der Waals surface area contributed by atoms with E-state index in [4.69, 9.17) is 0 Å². The lowest BCUT2D eigenvalue weighted by atomic mass is 10.2. The number of amides is 1. The zero-order valence-electron chi connectivity index (χ0n) is 12.8. The molecule has 0 radical (unpaired) electrons. The van der Waals surface area contributed by atoms with E-state index in [1.165, 1.54) is 23.9 Å². The number of imidazole rings is 1. The first-order valence-corrected chi connectivity index (χ1v) is 8.48. The molecule has 6 heteroatoms. The van der Waals surface area contributed by atoms with Gasteiger partial charge in [0, 0.05) is 12.3 Å².